The van der Waals surface area contributed by atoms with Crippen molar-refractivity contribution < 1.29 is 9.84 Å². The Labute approximate surface area is 187 Å². The zero-order valence-electron chi connectivity index (χ0n) is 18.0. The molecule has 1 aliphatic rings. The second-order valence-electron chi connectivity index (χ2n) is 8.11. The van der Waals surface area contributed by atoms with Gasteiger partial charge in [0.15, 0.2) is 0 Å². The molecule has 0 saturated carbocycles. The Morgan fingerprint density at radius 1 is 1.03 bits per heavy atom. The lowest BCUT2D eigenvalue weighted by molar-refractivity contribution is 0.154. The molecule has 32 heavy (non-hydrogen) atoms. The highest BCUT2D eigenvalue weighted by atomic mass is 16.5. The van der Waals surface area contributed by atoms with E-state index < -0.39 is 0 Å². The molecule has 1 aromatic heterocycles. The topological polar surface area (TPSA) is 70.5 Å². The van der Waals surface area contributed by atoms with Gasteiger partial charge < -0.3 is 20.1 Å². The summed E-state index contributed by atoms with van der Waals surface area (Å²) in [4.78, 5) is 11.5. The van der Waals surface area contributed by atoms with Crippen LogP contribution in [0, 0.1) is 0 Å². The third-order valence-electron chi connectivity index (χ3n) is 5.87. The average molecular weight is 427 g/mol. The van der Waals surface area contributed by atoms with Gasteiger partial charge in [-0.1, -0.05) is 30.3 Å². The standard InChI is InChI=1S/C26H26N4O2/c1-32-24-11-9-18(10-12-24)19-7-8-20-16-27-26(29-25(20)14-19)28-21-4-2-5-22(15-21)30-13-3-6-23(31)17-30/h2,4-5,7-12,14-16,23,31H,3,6,13,17H2,1H3,(H,27,28,29). The second-order valence-corrected chi connectivity index (χ2v) is 8.11. The van der Waals surface area contributed by atoms with E-state index in [1.807, 2.05) is 48.7 Å². The van der Waals surface area contributed by atoms with E-state index in [9.17, 15) is 5.11 Å². The van der Waals surface area contributed by atoms with Gasteiger partial charge in [0.1, 0.15) is 5.75 Å². The Balaban J connectivity index is 1.39. The number of nitrogens with one attached hydrogen (secondary N) is 1. The van der Waals surface area contributed by atoms with Crippen molar-refractivity contribution in [1.29, 1.82) is 0 Å². The molecule has 1 aliphatic heterocycles. The summed E-state index contributed by atoms with van der Waals surface area (Å²) in [5, 5.41) is 14.3. The highest BCUT2D eigenvalue weighted by Gasteiger charge is 2.18. The molecular weight excluding hydrogens is 400 g/mol. The number of hydrogen-bond acceptors (Lipinski definition) is 6. The molecule has 1 saturated heterocycles. The first-order valence-corrected chi connectivity index (χ1v) is 10.9. The number of nitrogens with zero attached hydrogens (tertiary/aromatic N) is 3. The monoisotopic (exact) mass is 426 g/mol. The molecule has 4 aromatic rings. The number of ether oxygens (including phenoxy) is 1. The molecule has 0 amide bonds. The van der Waals surface area contributed by atoms with E-state index in [0.717, 1.165) is 58.5 Å². The van der Waals surface area contributed by atoms with Crippen LogP contribution in [0.5, 0.6) is 5.75 Å². The molecule has 2 heterocycles. The van der Waals surface area contributed by atoms with Crippen LogP contribution in [0.4, 0.5) is 17.3 Å². The van der Waals surface area contributed by atoms with Gasteiger partial charge in [0, 0.05) is 36.0 Å². The van der Waals surface area contributed by atoms with Gasteiger partial charge in [-0.25, -0.2) is 9.97 Å². The van der Waals surface area contributed by atoms with Crippen molar-refractivity contribution in [2.45, 2.75) is 18.9 Å². The molecule has 1 unspecified atom stereocenters. The van der Waals surface area contributed by atoms with Crippen LogP contribution in [0.15, 0.2) is 72.9 Å². The molecule has 0 radical (unpaired) electrons. The summed E-state index contributed by atoms with van der Waals surface area (Å²) in [6.45, 7) is 1.63. The van der Waals surface area contributed by atoms with Gasteiger partial charge in [-0.2, -0.15) is 0 Å². The van der Waals surface area contributed by atoms with E-state index in [0.29, 0.717) is 12.5 Å². The van der Waals surface area contributed by atoms with Crippen molar-refractivity contribution in [3.63, 3.8) is 0 Å². The molecule has 162 valence electrons. The maximum absolute atomic E-state index is 9.99. The van der Waals surface area contributed by atoms with Gasteiger partial charge in [-0.3, -0.25) is 0 Å². The number of aliphatic hydroxyl groups excluding tert-OH is 1. The average Bonchev–Trinajstić information content (AvgIpc) is 2.84. The van der Waals surface area contributed by atoms with E-state index in [1.165, 1.54) is 0 Å². The lowest BCUT2D eigenvalue weighted by atomic mass is 10.0. The predicted molar refractivity (Wildman–Crippen MR) is 129 cm³/mol. The number of methoxy groups -OCH3 is 1. The van der Waals surface area contributed by atoms with Gasteiger partial charge in [0.05, 0.1) is 18.7 Å². The molecule has 2 N–H and O–H groups in total. The fraction of sp³-hybridized carbons (Fsp3) is 0.231. The number of aliphatic hydroxyl groups is 1. The van der Waals surface area contributed by atoms with Crippen molar-refractivity contribution in [2.75, 3.05) is 30.4 Å². The van der Waals surface area contributed by atoms with Gasteiger partial charge in [-0.15, -0.1) is 0 Å². The minimum atomic E-state index is -0.260. The molecule has 0 spiro atoms. The van der Waals surface area contributed by atoms with Crippen LogP contribution in [-0.2, 0) is 0 Å². The number of rotatable bonds is 5. The van der Waals surface area contributed by atoms with Crippen molar-refractivity contribution in [1.82, 2.24) is 9.97 Å². The zero-order valence-corrected chi connectivity index (χ0v) is 18.0. The van der Waals surface area contributed by atoms with Crippen LogP contribution in [0.2, 0.25) is 0 Å². The fourth-order valence-corrected chi connectivity index (χ4v) is 4.15. The first kappa shape index (κ1) is 20.3. The number of hydrogen-bond donors (Lipinski definition) is 2. The van der Waals surface area contributed by atoms with Crippen LogP contribution < -0.4 is 15.0 Å². The predicted octanol–water partition coefficient (Wildman–Crippen LogP) is 5.01. The zero-order chi connectivity index (χ0) is 21.9. The van der Waals surface area contributed by atoms with Crippen molar-refractivity contribution in [3.8, 4) is 16.9 Å². The van der Waals surface area contributed by atoms with Crippen molar-refractivity contribution >= 4 is 28.2 Å². The minimum absolute atomic E-state index is 0.260. The Morgan fingerprint density at radius 2 is 1.88 bits per heavy atom. The quantitative estimate of drug-likeness (QED) is 0.467. The first-order valence-electron chi connectivity index (χ1n) is 10.9. The molecular formula is C26H26N4O2. The lowest BCUT2D eigenvalue weighted by Crippen LogP contribution is -2.38. The Bertz CT molecular complexity index is 1230. The summed E-state index contributed by atoms with van der Waals surface area (Å²) in [5.41, 5.74) is 5.10. The molecule has 1 atom stereocenters. The third-order valence-corrected chi connectivity index (χ3v) is 5.87. The smallest absolute Gasteiger partial charge is 0.227 e. The minimum Gasteiger partial charge on any atom is -0.497 e. The number of piperidine rings is 1. The van der Waals surface area contributed by atoms with Gasteiger partial charge in [0.2, 0.25) is 5.95 Å². The Morgan fingerprint density at radius 3 is 2.69 bits per heavy atom. The highest BCUT2D eigenvalue weighted by molar-refractivity contribution is 5.84. The summed E-state index contributed by atoms with van der Waals surface area (Å²) in [5.74, 6) is 1.39. The van der Waals surface area contributed by atoms with Gasteiger partial charge in [-0.05, 0) is 60.4 Å². The fourth-order valence-electron chi connectivity index (χ4n) is 4.15. The lowest BCUT2D eigenvalue weighted by Gasteiger charge is -2.32. The van der Waals surface area contributed by atoms with Crippen LogP contribution in [0.3, 0.4) is 0 Å². The maximum atomic E-state index is 9.99. The van der Waals surface area contributed by atoms with Crippen LogP contribution in [-0.4, -0.2) is 41.4 Å². The normalized spacial score (nSPS) is 16.2. The third kappa shape index (κ3) is 4.36. The second kappa shape index (κ2) is 8.85. The van der Waals surface area contributed by atoms with Crippen LogP contribution in [0.25, 0.3) is 22.0 Å². The van der Waals surface area contributed by atoms with Gasteiger partial charge in [0.25, 0.3) is 0 Å². The van der Waals surface area contributed by atoms with E-state index in [2.05, 4.69) is 39.5 Å². The van der Waals surface area contributed by atoms with E-state index >= 15 is 0 Å². The maximum Gasteiger partial charge on any atom is 0.227 e. The molecule has 0 aliphatic carbocycles. The largest absolute Gasteiger partial charge is 0.497 e. The summed E-state index contributed by atoms with van der Waals surface area (Å²) in [6, 6.07) is 22.4. The summed E-state index contributed by atoms with van der Waals surface area (Å²) < 4.78 is 5.26. The summed E-state index contributed by atoms with van der Waals surface area (Å²) in [7, 11) is 1.67. The van der Waals surface area contributed by atoms with Gasteiger partial charge >= 0.3 is 0 Å². The number of fused-ring (bicyclic) bond motifs is 1. The Kier molecular flexibility index (Phi) is 5.60. The van der Waals surface area contributed by atoms with Crippen LogP contribution >= 0.6 is 0 Å². The SMILES string of the molecule is COc1ccc(-c2ccc3cnc(Nc4cccc(N5CCCC(O)C5)c4)nc3c2)cc1. The van der Waals surface area contributed by atoms with E-state index in [4.69, 9.17) is 9.72 Å². The first-order chi connectivity index (χ1) is 15.7. The molecule has 0 bridgehead atoms. The number of anilines is 3. The van der Waals surface area contributed by atoms with E-state index in [-0.39, 0.29) is 6.10 Å². The van der Waals surface area contributed by atoms with Crippen molar-refractivity contribution in [2.24, 2.45) is 0 Å². The molecule has 1 fully saturated rings. The highest BCUT2D eigenvalue weighted by Crippen LogP contribution is 2.27. The van der Waals surface area contributed by atoms with Crippen LogP contribution in [0.1, 0.15) is 12.8 Å². The summed E-state index contributed by atoms with van der Waals surface area (Å²) >= 11 is 0. The Hall–Kier alpha value is -3.64. The molecule has 5 rings (SSSR count). The molecule has 3 aromatic carbocycles. The van der Waals surface area contributed by atoms with E-state index in [1.54, 1.807) is 7.11 Å². The number of aromatic nitrogens is 2. The molecule has 6 heteroatoms. The number of β-amino-alcohol motifs (C(OH)–C–C–N with tert-alkyl or cyclic N) is 1. The summed E-state index contributed by atoms with van der Waals surface area (Å²) in [6.07, 6.45) is 3.46. The van der Waals surface area contributed by atoms with Crippen molar-refractivity contribution in [3.05, 3.63) is 72.9 Å². The number of benzene rings is 3. The molecule has 6 nitrogen and oxygen atoms in total.